The Balaban J connectivity index is 1.42. The van der Waals surface area contributed by atoms with Crippen LogP contribution in [0.4, 0.5) is 23.9 Å². The van der Waals surface area contributed by atoms with Crippen LogP contribution < -0.4 is 5.32 Å². The fourth-order valence-electron chi connectivity index (χ4n) is 4.14. The van der Waals surface area contributed by atoms with E-state index in [1.807, 2.05) is 30.3 Å². The number of amides is 1. The average molecular weight is 495 g/mol. The van der Waals surface area contributed by atoms with Gasteiger partial charge in [0, 0.05) is 16.1 Å². The summed E-state index contributed by atoms with van der Waals surface area (Å²) in [5.41, 5.74) is 1.93. The van der Waals surface area contributed by atoms with E-state index in [1.54, 1.807) is 18.2 Å². The number of aryl methyl sites for hydroxylation is 1. The molecule has 4 nitrogen and oxygen atoms in total. The van der Waals surface area contributed by atoms with Crippen LogP contribution in [0.2, 0.25) is 0 Å². The topological polar surface area (TPSA) is 54.6 Å². The minimum Gasteiger partial charge on any atom is -0.455 e. The number of fused-ring (bicyclic) bond motifs is 1. The number of hydrogen-bond acceptors (Lipinski definition) is 4. The van der Waals surface area contributed by atoms with Gasteiger partial charge in [0.1, 0.15) is 16.5 Å². The van der Waals surface area contributed by atoms with Crippen molar-refractivity contribution in [2.24, 2.45) is 4.99 Å². The zero-order valence-corrected chi connectivity index (χ0v) is 19.4. The molecule has 0 radical (unpaired) electrons. The van der Waals surface area contributed by atoms with Crippen LogP contribution >= 0.6 is 11.3 Å². The van der Waals surface area contributed by atoms with Gasteiger partial charge in [-0.1, -0.05) is 30.3 Å². The second-order valence-corrected chi connectivity index (χ2v) is 9.33. The van der Waals surface area contributed by atoms with Gasteiger partial charge < -0.3 is 9.73 Å². The van der Waals surface area contributed by atoms with E-state index in [2.05, 4.69) is 10.3 Å². The van der Waals surface area contributed by atoms with Crippen molar-refractivity contribution >= 4 is 34.1 Å². The van der Waals surface area contributed by atoms with Crippen molar-refractivity contribution in [2.45, 2.75) is 31.9 Å². The molecule has 0 saturated heterocycles. The number of halogens is 3. The van der Waals surface area contributed by atoms with Crippen molar-refractivity contribution in [1.82, 2.24) is 0 Å². The lowest BCUT2D eigenvalue weighted by atomic mass is 9.95. The predicted octanol–water partition coefficient (Wildman–Crippen LogP) is 7.91. The molecule has 0 aliphatic heterocycles. The van der Waals surface area contributed by atoms with Crippen molar-refractivity contribution in [2.75, 3.05) is 5.32 Å². The van der Waals surface area contributed by atoms with Gasteiger partial charge in [0.05, 0.1) is 17.3 Å². The maximum absolute atomic E-state index is 13.2. The summed E-state index contributed by atoms with van der Waals surface area (Å²) < 4.78 is 44.9. The van der Waals surface area contributed by atoms with Crippen molar-refractivity contribution in [3.05, 3.63) is 94.1 Å². The summed E-state index contributed by atoms with van der Waals surface area (Å²) in [4.78, 5) is 18.9. The quantitative estimate of drug-likeness (QED) is 0.287. The number of aliphatic imine (C=N–C) groups is 1. The molecule has 1 N–H and O–H groups in total. The molecule has 0 fully saturated rings. The van der Waals surface area contributed by atoms with E-state index in [-0.39, 0.29) is 5.91 Å². The first-order chi connectivity index (χ1) is 16.9. The summed E-state index contributed by atoms with van der Waals surface area (Å²) in [7, 11) is 0. The van der Waals surface area contributed by atoms with Gasteiger partial charge in [-0.15, -0.1) is 11.3 Å². The molecule has 178 valence electrons. The number of carbonyl (C=O) groups excluding carboxylic acids is 1. The fraction of sp³-hybridized carbons (Fsp3) is 0.185. The van der Waals surface area contributed by atoms with E-state index < -0.39 is 11.7 Å². The Labute approximate surface area is 204 Å². The van der Waals surface area contributed by atoms with E-state index in [0.717, 1.165) is 43.4 Å². The van der Waals surface area contributed by atoms with Crippen LogP contribution in [0, 0.1) is 0 Å². The first-order valence-corrected chi connectivity index (χ1v) is 12.0. The lowest BCUT2D eigenvalue weighted by molar-refractivity contribution is -0.137. The van der Waals surface area contributed by atoms with Gasteiger partial charge in [-0.25, -0.2) is 4.99 Å². The Kier molecular flexibility index (Phi) is 6.30. The Morgan fingerprint density at radius 3 is 2.60 bits per heavy atom. The number of hydrogen-bond donors (Lipinski definition) is 1. The molecule has 0 bridgehead atoms. The molecule has 8 heteroatoms. The zero-order valence-electron chi connectivity index (χ0n) is 18.6. The largest absolute Gasteiger partial charge is 0.455 e. The van der Waals surface area contributed by atoms with Gasteiger partial charge in [-0.2, -0.15) is 13.2 Å². The maximum atomic E-state index is 13.2. The summed E-state index contributed by atoms with van der Waals surface area (Å²) in [6, 6.07) is 17.5. The molecule has 2 aromatic heterocycles. The minimum atomic E-state index is -4.43. The predicted molar refractivity (Wildman–Crippen MR) is 132 cm³/mol. The van der Waals surface area contributed by atoms with Crippen LogP contribution in [0.15, 0.2) is 76.1 Å². The van der Waals surface area contributed by atoms with Crippen LogP contribution in [0.5, 0.6) is 0 Å². The van der Waals surface area contributed by atoms with Crippen molar-refractivity contribution < 1.29 is 22.4 Å². The van der Waals surface area contributed by atoms with Gasteiger partial charge in [-0.05, 0) is 67.6 Å². The Morgan fingerprint density at radius 1 is 1.00 bits per heavy atom. The van der Waals surface area contributed by atoms with Gasteiger partial charge in [0.15, 0.2) is 0 Å². The number of anilines is 1. The number of nitrogens with zero attached hydrogens (tertiary/aromatic N) is 1. The molecule has 1 amide bonds. The molecule has 2 heterocycles. The van der Waals surface area contributed by atoms with Crippen LogP contribution in [0.25, 0.3) is 11.3 Å². The summed E-state index contributed by atoms with van der Waals surface area (Å²) in [5, 5.41) is 3.55. The number of carbonyl (C=O) groups is 1. The van der Waals surface area contributed by atoms with Crippen LogP contribution in [-0.2, 0) is 19.0 Å². The molecule has 1 aliphatic carbocycles. The summed E-state index contributed by atoms with van der Waals surface area (Å²) in [5.74, 6) is 0.495. The molecule has 0 spiro atoms. The van der Waals surface area contributed by atoms with Gasteiger partial charge >= 0.3 is 6.18 Å². The van der Waals surface area contributed by atoms with Crippen molar-refractivity contribution in [3.8, 4) is 11.3 Å². The van der Waals surface area contributed by atoms with E-state index in [1.165, 1.54) is 28.5 Å². The maximum Gasteiger partial charge on any atom is 0.416 e. The highest BCUT2D eigenvalue weighted by Crippen LogP contribution is 2.40. The monoisotopic (exact) mass is 494 g/mol. The third kappa shape index (κ3) is 5.07. The van der Waals surface area contributed by atoms with Gasteiger partial charge in [-0.3, -0.25) is 4.79 Å². The second-order valence-electron chi connectivity index (χ2n) is 8.25. The van der Waals surface area contributed by atoms with E-state index in [9.17, 15) is 18.0 Å². The first kappa shape index (κ1) is 23.1. The van der Waals surface area contributed by atoms with E-state index in [4.69, 9.17) is 4.42 Å². The fourth-order valence-corrected chi connectivity index (χ4v) is 5.37. The number of para-hydroxylation sites is 1. The molecule has 0 saturated carbocycles. The lowest BCUT2D eigenvalue weighted by Gasteiger charge is -2.12. The van der Waals surface area contributed by atoms with Crippen LogP contribution in [-0.4, -0.2) is 12.1 Å². The standard InChI is InChI=1S/C27H21F3N2O2S/c28-27(29,30)18-8-6-7-17(15-18)22-14-13-20(34-22)16-31-26-24(21-11-4-5-12-23(21)35-26)25(33)32-19-9-2-1-3-10-19/h1-3,6-10,13-16H,4-5,11-12H2,(H,32,33). The smallest absolute Gasteiger partial charge is 0.416 e. The van der Waals surface area contributed by atoms with Gasteiger partial charge in [0.2, 0.25) is 0 Å². The third-order valence-corrected chi connectivity index (χ3v) is 7.02. The number of rotatable bonds is 5. The molecule has 35 heavy (non-hydrogen) atoms. The van der Waals surface area contributed by atoms with E-state index in [0.29, 0.717) is 33.3 Å². The molecular formula is C27H21F3N2O2S. The van der Waals surface area contributed by atoms with Crippen LogP contribution in [0.1, 0.15) is 45.0 Å². The second kappa shape index (κ2) is 9.54. The Hall–Kier alpha value is -3.65. The molecule has 5 rings (SSSR count). The number of alkyl halides is 3. The van der Waals surface area contributed by atoms with E-state index >= 15 is 0 Å². The number of furan rings is 1. The summed E-state index contributed by atoms with van der Waals surface area (Å²) in [6.07, 6.45) is 0.933. The molecule has 2 aromatic carbocycles. The average Bonchev–Trinajstić information content (AvgIpc) is 3.47. The highest BCUT2D eigenvalue weighted by atomic mass is 32.1. The van der Waals surface area contributed by atoms with Gasteiger partial charge in [0.25, 0.3) is 5.91 Å². The number of nitrogens with one attached hydrogen (secondary N) is 1. The minimum absolute atomic E-state index is 0.202. The SMILES string of the molecule is O=C(Nc1ccccc1)c1c(N=Cc2ccc(-c3cccc(C(F)(F)F)c3)o2)sc2c1CCCC2. The summed E-state index contributed by atoms with van der Waals surface area (Å²) >= 11 is 1.50. The molecular weight excluding hydrogens is 473 g/mol. The third-order valence-electron chi connectivity index (χ3n) is 5.82. The molecule has 1 aliphatic rings. The highest BCUT2D eigenvalue weighted by molar-refractivity contribution is 7.16. The normalized spacial score (nSPS) is 13.7. The molecule has 4 aromatic rings. The number of benzene rings is 2. The zero-order chi connectivity index (χ0) is 24.4. The first-order valence-electron chi connectivity index (χ1n) is 11.2. The van der Waals surface area contributed by atoms with Crippen molar-refractivity contribution in [3.63, 3.8) is 0 Å². The summed E-state index contributed by atoms with van der Waals surface area (Å²) in [6.45, 7) is 0. The lowest BCUT2D eigenvalue weighted by Crippen LogP contribution is -2.14. The molecule has 0 atom stereocenters. The van der Waals surface area contributed by atoms with Crippen molar-refractivity contribution in [1.29, 1.82) is 0 Å². The highest BCUT2D eigenvalue weighted by Gasteiger charge is 2.30. The Morgan fingerprint density at radius 2 is 1.80 bits per heavy atom. The van der Waals surface area contributed by atoms with Crippen LogP contribution in [0.3, 0.4) is 0 Å². The Bertz CT molecular complexity index is 1390. The number of thiophene rings is 1. The molecule has 0 unspecified atom stereocenters.